The average molecular weight is 442 g/mol. The number of ether oxygens (including phenoxy) is 1. The van der Waals surface area contributed by atoms with Gasteiger partial charge in [0.15, 0.2) is 11.7 Å². The van der Waals surface area contributed by atoms with Gasteiger partial charge >= 0.3 is 6.18 Å². The monoisotopic (exact) mass is 442 g/mol. The topological polar surface area (TPSA) is 72.6 Å². The number of alkyl halides is 3. The van der Waals surface area contributed by atoms with Crippen molar-refractivity contribution in [1.82, 2.24) is 15.1 Å². The van der Waals surface area contributed by atoms with Crippen LogP contribution in [0.15, 0.2) is 30.3 Å². The maximum absolute atomic E-state index is 13.7. The van der Waals surface area contributed by atoms with Crippen LogP contribution in [0.25, 0.3) is 0 Å². The van der Waals surface area contributed by atoms with Gasteiger partial charge in [-0.2, -0.15) is 18.3 Å². The van der Waals surface area contributed by atoms with E-state index in [9.17, 15) is 22.4 Å². The van der Waals surface area contributed by atoms with Crippen molar-refractivity contribution in [1.29, 1.82) is 0 Å². The molecule has 7 nitrogen and oxygen atoms in total. The number of hydrogen-bond acceptors (Lipinski definition) is 4. The Morgan fingerprint density at radius 3 is 2.65 bits per heavy atom. The Balaban J connectivity index is 1.48. The quantitative estimate of drug-likeness (QED) is 0.611. The van der Waals surface area contributed by atoms with E-state index in [0.29, 0.717) is 31.9 Å². The first-order valence-electron chi connectivity index (χ1n) is 10.2. The summed E-state index contributed by atoms with van der Waals surface area (Å²) in [6.45, 7) is 4.17. The zero-order valence-corrected chi connectivity index (χ0v) is 16.7. The standard InChI is InChI=1S/C20H23F4N5O2/c21-14-3-1-13(2-4-14)15-11-17(20(22,23)24)29-18(26-15)12-16(27-29)19(30)25-5-6-28-7-9-31-10-8-28/h1-4,12,15,17,26H,5-11H2,(H,25,30)/p+1/t15-,17-/m1/s1. The maximum Gasteiger partial charge on any atom is 0.410 e. The van der Waals surface area contributed by atoms with Crippen LogP contribution >= 0.6 is 0 Å². The van der Waals surface area contributed by atoms with Crippen molar-refractivity contribution >= 4 is 11.7 Å². The van der Waals surface area contributed by atoms with E-state index in [2.05, 4.69) is 15.7 Å². The number of nitrogens with one attached hydrogen (secondary N) is 3. The molecule has 0 bridgehead atoms. The normalized spacial score (nSPS) is 21.9. The smallest absolute Gasteiger partial charge is 0.370 e. The number of morpholine rings is 1. The highest BCUT2D eigenvalue weighted by Gasteiger charge is 2.46. The first kappa shape index (κ1) is 21.6. The van der Waals surface area contributed by atoms with Gasteiger partial charge in [0, 0.05) is 12.5 Å². The summed E-state index contributed by atoms with van der Waals surface area (Å²) in [4.78, 5) is 13.8. The summed E-state index contributed by atoms with van der Waals surface area (Å²) >= 11 is 0. The lowest BCUT2D eigenvalue weighted by Gasteiger charge is -2.33. The summed E-state index contributed by atoms with van der Waals surface area (Å²) in [6, 6.07) is 4.07. The molecule has 31 heavy (non-hydrogen) atoms. The number of carbonyl (C=O) groups excluding carboxylic acids is 1. The van der Waals surface area contributed by atoms with Crippen molar-refractivity contribution in [2.45, 2.75) is 24.7 Å². The summed E-state index contributed by atoms with van der Waals surface area (Å²) in [6.07, 6.45) is -4.86. The molecule has 2 aromatic rings. The first-order valence-corrected chi connectivity index (χ1v) is 10.2. The average Bonchev–Trinajstić information content (AvgIpc) is 3.18. The van der Waals surface area contributed by atoms with Crippen molar-refractivity contribution in [2.75, 3.05) is 44.7 Å². The largest absolute Gasteiger partial charge is 0.410 e. The third kappa shape index (κ3) is 4.99. The summed E-state index contributed by atoms with van der Waals surface area (Å²) in [5, 5.41) is 9.67. The van der Waals surface area contributed by atoms with Gasteiger partial charge in [-0.3, -0.25) is 4.79 Å². The van der Waals surface area contributed by atoms with Crippen molar-refractivity contribution < 1.29 is 32.0 Å². The van der Waals surface area contributed by atoms with Gasteiger partial charge < -0.3 is 20.3 Å². The molecule has 0 unspecified atom stereocenters. The molecular formula is C20H24F4N5O2+. The molecule has 1 amide bonds. The number of hydrogen-bond donors (Lipinski definition) is 3. The zero-order chi connectivity index (χ0) is 22.0. The Kier molecular flexibility index (Phi) is 6.15. The molecule has 168 valence electrons. The molecule has 3 N–H and O–H groups in total. The van der Waals surface area contributed by atoms with Crippen LogP contribution in [0.2, 0.25) is 0 Å². The van der Waals surface area contributed by atoms with E-state index in [1.807, 2.05) is 0 Å². The molecule has 2 atom stereocenters. The van der Waals surface area contributed by atoms with Crippen LogP contribution in [0.3, 0.4) is 0 Å². The minimum absolute atomic E-state index is 0.0755. The van der Waals surface area contributed by atoms with Crippen LogP contribution in [0.1, 0.15) is 34.6 Å². The van der Waals surface area contributed by atoms with Gasteiger partial charge in [0.05, 0.1) is 32.3 Å². The third-order valence-electron chi connectivity index (χ3n) is 5.66. The van der Waals surface area contributed by atoms with Crippen molar-refractivity contribution in [3.63, 3.8) is 0 Å². The number of fused-ring (bicyclic) bond motifs is 1. The Morgan fingerprint density at radius 2 is 1.97 bits per heavy atom. The van der Waals surface area contributed by atoms with Crippen LogP contribution < -0.4 is 15.5 Å². The lowest BCUT2D eigenvalue weighted by Crippen LogP contribution is -3.14. The number of aromatic nitrogens is 2. The van der Waals surface area contributed by atoms with E-state index in [0.717, 1.165) is 17.8 Å². The number of anilines is 1. The zero-order valence-electron chi connectivity index (χ0n) is 16.7. The second kappa shape index (κ2) is 8.83. The molecule has 1 saturated heterocycles. The minimum Gasteiger partial charge on any atom is -0.370 e. The molecule has 0 aliphatic carbocycles. The highest BCUT2D eigenvalue weighted by Crippen LogP contribution is 2.43. The molecular weight excluding hydrogens is 418 g/mol. The predicted octanol–water partition coefficient (Wildman–Crippen LogP) is 1.33. The highest BCUT2D eigenvalue weighted by atomic mass is 19.4. The lowest BCUT2D eigenvalue weighted by atomic mass is 9.97. The van der Waals surface area contributed by atoms with Crippen molar-refractivity contribution in [2.24, 2.45) is 0 Å². The predicted molar refractivity (Wildman–Crippen MR) is 103 cm³/mol. The van der Waals surface area contributed by atoms with E-state index >= 15 is 0 Å². The fourth-order valence-corrected chi connectivity index (χ4v) is 3.95. The number of rotatable bonds is 5. The van der Waals surface area contributed by atoms with Crippen molar-refractivity contribution in [3.05, 3.63) is 47.4 Å². The number of quaternary nitrogens is 1. The number of amides is 1. The third-order valence-corrected chi connectivity index (χ3v) is 5.66. The number of carbonyl (C=O) groups is 1. The summed E-state index contributed by atoms with van der Waals surface area (Å²) < 4.78 is 60.5. The van der Waals surface area contributed by atoms with Crippen LogP contribution in [-0.4, -0.2) is 61.3 Å². The van der Waals surface area contributed by atoms with Gasteiger partial charge in [0.25, 0.3) is 5.91 Å². The Hall–Kier alpha value is -2.66. The van der Waals surface area contributed by atoms with Crippen LogP contribution in [0.4, 0.5) is 23.4 Å². The summed E-state index contributed by atoms with van der Waals surface area (Å²) in [7, 11) is 0. The molecule has 1 aromatic carbocycles. The van der Waals surface area contributed by atoms with Crippen molar-refractivity contribution in [3.8, 4) is 0 Å². The fourth-order valence-electron chi connectivity index (χ4n) is 3.95. The molecule has 2 aliphatic heterocycles. The molecule has 0 saturated carbocycles. The number of benzene rings is 1. The van der Waals surface area contributed by atoms with Gasteiger partial charge in [-0.1, -0.05) is 12.1 Å². The lowest BCUT2D eigenvalue weighted by molar-refractivity contribution is -0.906. The molecule has 3 heterocycles. The van der Waals surface area contributed by atoms with Gasteiger partial charge in [-0.05, 0) is 17.7 Å². The first-order chi connectivity index (χ1) is 14.8. The highest BCUT2D eigenvalue weighted by molar-refractivity contribution is 5.93. The molecule has 0 radical (unpaired) electrons. The second-order valence-electron chi connectivity index (χ2n) is 7.77. The molecule has 11 heteroatoms. The Bertz CT molecular complexity index is 909. The molecule has 0 spiro atoms. The summed E-state index contributed by atoms with van der Waals surface area (Å²) in [5.41, 5.74) is 0.455. The van der Waals surface area contributed by atoms with Crippen LogP contribution in [-0.2, 0) is 4.74 Å². The van der Waals surface area contributed by atoms with Crippen LogP contribution in [0, 0.1) is 5.82 Å². The van der Waals surface area contributed by atoms with E-state index < -0.39 is 30.0 Å². The maximum atomic E-state index is 13.7. The molecule has 2 aliphatic rings. The van der Waals surface area contributed by atoms with E-state index in [1.165, 1.54) is 35.2 Å². The van der Waals surface area contributed by atoms with Gasteiger partial charge in [-0.15, -0.1) is 0 Å². The van der Waals surface area contributed by atoms with E-state index in [4.69, 9.17) is 4.74 Å². The molecule has 1 aromatic heterocycles. The molecule has 4 rings (SSSR count). The second-order valence-corrected chi connectivity index (χ2v) is 7.77. The Morgan fingerprint density at radius 1 is 1.26 bits per heavy atom. The molecule has 1 fully saturated rings. The van der Waals surface area contributed by atoms with E-state index in [-0.39, 0.29) is 17.9 Å². The number of nitrogens with zero attached hydrogens (tertiary/aromatic N) is 2. The fraction of sp³-hybridized carbons (Fsp3) is 0.500. The summed E-state index contributed by atoms with van der Waals surface area (Å²) in [5.74, 6) is -0.877. The minimum atomic E-state index is -4.55. The van der Waals surface area contributed by atoms with Crippen LogP contribution in [0.5, 0.6) is 0 Å². The van der Waals surface area contributed by atoms with Gasteiger partial charge in [-0.25, -0.2) is 9.07 Å². The van der Waals surface area contributed by atoms with E-state index in [1.54, 1.807) is 0 Å². The van der Waals surface area contributed by atoms with Gasteiger partial charge in [0.2, 0.25) is 0 Å². The number of halogens is 4. The van der Waals surface area contributed by atoms with Gasteiger partial charge in [0.1, 0.15) is 24.7 Å². The SMILES string of the molecule is O=C(NCC[NH+]1CCOCC1)c1cc2n(n1)[C@@H](C(F)(F)F)C[C@H](c1ccc(F)cc1)N2. The Labute approximate surface area is 176 Å².